The molecule has 574 valence electrons. The second kappa shape index (κ2) is 37.9. The van der Waals surface area contributed by atoms with Crippen LogP contribution in [0.3, 0.4) is 0 Å². The maximum atomic E-state index is 16.0. The van der Waals surface area contributed by atoms with Gasteiger partial charge in [-0.15, -0.1) is 0 Å². The maximum absolute atomic E-state index is 16.0. The number of methoxy groups -OCH3 is 1. The summed E-state index contributed by atoms with van der Waals surface area (Å²) in [7, 11) is 1.19. The van der Waals surface area contributed by atoms with Crippen LogP contribution in [-0.2, 0) is 81.3 Å². The lowest BCUT2D eigenvalue weighted by Gasteiger charge is -2.44. The molecule has 1 aliphatic heterocycles. The van der Waals surface area contributed by atoms with Crippen LogP contribution in [0.15, 0.2) is 291 Å². The first-order valence-electron chi connectivity index (χ1n) is 36.1. The number of aromatic hydroxyl groups is 4. The first-order chi connectivity index (χ1) is 55.2. The molecule has 0 amide bonds. The minimum absolute atomic E-state index is 0.00947. The van der Waals surface area contributed by atoms with Gasteiger partial charge in [-0.3, -0.25) is 0 Å². The quantitative estimate of drug-likeness (QED) is 0.0215. The molecule has 1 aliphatic rings. The summed E-state index contributed by atoms with van der Waals surface area (Å²) in [6.07, 6.45) is -9.81. The molecule has 0 aromatic heterocycles. The molecule has 0 saturated carbocycles. The Morgan fingerprint density at radius 1 is 0.283 bits per heavy atom. The third-order valence-electron chi connectivity index (χ3n) is 17.9. The molecule has 0 spiro atoms. The van der Waals surface area contributed by atoms with Gasteiger partial charge in [0.1, 0.15) is 65.6 Å². The van der Waals surface area contributed by atoms with Crippen molar-refractivity contribution in [3.63, 3.8) is 0 Å². The zero-order valence-corrected chi connectivity index (χ0v) is 61.1. The lowest BCUT2D eigenvalue weighted by Crippen LogP contribution is -2.63. The molecule has 12 aromatic rings. The zero-order chi connectivity index (χ0) is 78.3. The number of carbonyl (C=O) groups excluding carboxylic acids is 4. The summed E-state index contributed by atoms with van der Waals surface area (Å²) in [6, 6.07) is 82.8. The van der Waals surface area contributed by atoms with Gasteiger partial charge in [-0.2, -0.15) is 0 Å². The van der Waals surface area contributed by atoms with Gasteiger partial charge in [0.05, 0.1) is 22.3 Å². The average Bonchev–Trinajstić information content (AvgIpc) is 0.767. The van der Waals surface area contributed by atoms with Gasteiger partial charge >= 0.3 is 23.9 Å². The number of esters is 4. The predicted molar refractivity (Wildman–Crippen MR) is 412 cm³/mol. The third-order valence-corrected chi connectivity index (χ3v) is 17.9. The molecule has 12 aromatic carbocycles. The van der Waals surface area contributed by atoms with Crippen molar-refractivity contribution in [2.45, 2.75) is 83.6 Å². The Hall–Kier alpha value is -14.0. The van der Waals surface area contributed by atoms with Crippen LogP contribution in [0, 0.1) is 0 Å². The smallest absolute Gasteiger partial charge is 0.339 e. The van der Waals surface area contributed by atoms with Crippen molar-refractivity contribution in [3.05, 3.63) is 358 Å². The Kier molecular flexibility index (Phi) is 25.9. The van der Waals surface area contributed by atoms with Gasteiger partial charge in [0.2, 0.25) is 23.0 Å². The standard InChI is InChI=1S/C91H78O22/c1-100-91-86(113-90(99)70-48-77(103-52-61-30-14-4-15-31-61)83(108-57-66-40-24-9-25-41-66)78(49-70)104-53-62-32-16-5-17-33-62)85(112-89(98)69-46-75(101-50-59-26-10-2-11-27-59)82(107-56-65-38-22-8-23-39-65)76(47-69)102-51-60-28-12-3-13-29-60)84(111-88(97)68-44-73(94)81(74(95)45-68)106-55-64-36-20-7-21-37-64)79(110-91)58-109-87(96)67-42-71(92)80(72(93)43-67)105-54-63-34-18-6-19-35-63/h2-49,79,84-86,91-95H,50-58H2,1H3/t79?,84-,85?,86?,91-/m1/s1. The zero-order valence-electron chi connectivity index (χ0n) is 61.1. The Balaban J connectivity index is 0.923. The summed E-state index contributed by atoms with van der Waals surface area (Å²) in [4.78, 5) is 61.4. The number of hydrogen-bond acceptors (Lipinski definition) is 22. The lowest BCUT2D eigenvalue weighted by atomic mass is 9.97. The van der Waals surface area contributed by atoms with E-state index in [1.54, 1.807) is 54.6 Å². The van der Waals surface area contributed by atoms with E-state index in [0.29, 0.717) is 11.1 Å². The number of benzene rings is 12. The highest BCUT2D eigenvalue weighted by atomic mass is 16.7. The number of carbonyl (C=O) groups is 4. The van der Waals surface area contributed by atoms with Crippen LogP contribution in [0.5, 0.6) is 69.0 Å². The van der Waals surface area contributed by atoms with Crippen molar-refractivity contribution in [3.8, 4) is 69.0 Å². The lowest BCUT2D eigenvalue weighted by molar-refractivity contribution is -0.291. The Bertz CT molecular complexity index is 4970. The molecule has 1 saturated heterocycles. The summed E-state index contributed by atoms with van der Waals surface area (Å²) in [5, 5.41) is 45.5. The van der Waals surface area contributed by atoms with Crippen LogP contribution < -0.4 is 37.9 Å². The minimum Gasteiger partial charge on any atom is -0.504 e. The Labute approximate surface area is 650 Å². The van der Waals surface area contributed by atoms with Gasteiger partial charge in [0.25, 0.3) is 0 Å². The Morgan fingerprint density at radius 2 is 0.513 bits per heavy atom. The topological polar surface area (TPSA) is 278 Å². The van der Waals surface area contributed by atoms with E-state index in [1.807, 2.05) is 188 Å². The molecular weight excluding hydrogens is 1440 g/mol. The van der Waals surface area contributed by atoms with Crippen LogP contribution in [-0.4, -0.2) is 88.7 Å². The molecule has 3 unspecified atom stereocenters. The van der Waals surface area contributed by atoms with Gasteiger partial charge in [-0.25, -0.2) is 19.2 Å². The van der Waals surface area contributed by atoms with Gasteiger partial charge in [0.15, 0.2) is 70.6 Å². The SMILES string of the molecule is CO[C@@H]1OC(COC(=O)c2cc(O)c(OCc3ccccc3)c(O)c2)[C@@H](OC(=O)c2cc(O)c(OCc3ccccc3)c(O)c2)C(OC(=O)c2cc(OCc3ccccc3)c(OCc3ccccc3)c(OCc3ccccc3)c2)C1OC(=O)c1cc(OCc2ccccc2)c(OCc2ccccc2)c(OCc2ccccc2)c1. The number of ether oxygens (including phenoxy) is 14. The highest BCUT2D eigenvalue weighted by molar-refractivity contribution is 5.94. The predicted octanol–water partition coefficient (Wildman–Crippen LogP) is 16.3. The molecule has 5 atom stereocenters. The highest BCUT2D eigenvalue weighted by Crippen LogP contribution is 2.45. The van der Waals surface area contributed by atoms with E-state index in [9.17, 15) is 25.2 Å². The van der Waals surface area contributed by atoms with E-state index in [0.717, 1.165) is 57.6 Å². The van der Waals surface area contributed by atoms with Crippen molar-refractivity contribution >= 4 is 23.9 Å². The monoisotopic (exact) mass is 1520 g/mol. The Morgan fingerprint density at radius 3 is 0.788 bits per heavy atom. The molecule has 0 aliphatic carbocycles. The summed E-state index contributed by atoms with van der Waals surface area (Å²) < 4.78 is 89.2. The average molecular weight is 1520 g/mol. The molecule has 4 N–H and O–H groups in total. The van der Waals surface area contributed by atoms with Gasteiger partial charge in [-0.05, 0) is 93.0 Å². The van der Waals surface area contributed by atoms with E-state index in [-0.39, 0.29) is 110 Å². The molecule has 113 heavy (non-hydrogen) atoms. The van der Waals surface area contributed by atoms with Crippen LogP contribution in [0.25, 0.3) is 0 Å². The molecular formula is C91H78O22. The van der Waals surface area contributed by atoms with E-state index in [1.165, 1.54) is 31.4 Å². The molecule has 0 bridgehead atoms. The van der Waals surface area contributed by atoms with E-state index < -0.39 is 95.3 Å². The number of phenols is 4. The van der Waals surface area contributed by atoms with Crippen molar-refractivity contribution in [2.24, 2.45) is 0 Å². The molecule has 1 fully saturated rings. The maximum Gasteiger partial charge on any atom is 0.339 e. The summed E-state index contributed by atoms with van der Waals surface area (Å²) in [5.41, 5.74) is 4.58. The largest absolute Gasteiger partial charge is 0.504 e. The van der Waals surface area contributed by atoms with Gasteiger partial charge < -0.3 is 86.7 Å². The van der Waals surface area contributed by atoms with Crippen molar-refractivity contribution in [1.29, 1.82) is 0 Å². The van der Waals surface area contributed by atoms with Crippen molar-refractivity contribution in [2.75, 3.05) is 13.7 Å². The normalized spacial score (nSPS) is 14.9. The first-order valence-corrected chi connectivity index (χ1v) is 36.1. The van der Waals surface area contributed by atoms with Crippen LogP contribution in [0.2, 0.25) is 0 Å². The van der Waals surface area contributed by atoms with E-state index in [4.69, 9.17) is 66.3 Å². The molecule has 22 nitrogen and oxygen atoms in total. The fourth-order valence-electron chi connectivity index (χ4n) is 12.1. The summed E-state index contributed by atoms with van der Waals surface area (Å²) in [5.74, 6) is -7.93. The molecule has 0 radical (unpaired) electrons. The third kappa shape index (κ3) is 20.7. The molecule has 22 heteroatoms. The second-order valence-electron chi connectivity index (χ2n) is 26.0. The first kappa shape index (κ1) is 77.2. The van der Waals surface area contributed by atoms with E-state index >= 15 is 14.4 Å². The van der Waals surface area contributed by atoms with Crippen LogP contribution >= 0.6 is 0 Å². The van der Waals surface area contributed by atoms with Crippen LogP contribution in [0.1, 0.15) is 85.9 Å². The van der Waals surface area contributed by atoms with Gasteiger partial charge in [-0.1, -0.05) is 243 Å². The van der Waals surface area contributed by atoms with E-state index in [2.05, 4.69) is 0 Å². The van der Waals surface area contributed by atoms with Crippen LogP contribution in [0.4, 0.5) is 0 Å². The molecule has 13 rings (SSSR count). The fraction of sp³-hybridized carbons (Fsp3) is 0.165. The number of hydrogen-bond donors (Lipinski definition) is 4. The summed E-state index contributed by atoms with van der Waals surface area (Å²) in [6.45, 7) is -1.17. The highest BCUT2D eigenvalue weighted by Gasteiger charge is 2.54. The second-order valence-corrected chi connectivity index (χ2v) is 26.0. The molecule has 1 heterocycles. The number of rotatable bonds is 34. The van der Waals surface area contributed by atoms with Crippen molar-refractivity contribution in [1.82, 2.24) is 0 Å². The van der Waals surface area contributed by atoms with Crippen molar-refractivity contribution < 1.29 is 106 Å². The fourth-order valence-corrected chi connectivity index (χ4v) is 12.1. The minimum atomic E-state index is -2.10. The summed E-state index contributed by atoms with van der Waals surface area (Å²) >= 11 is 0. The number of phenolic OH excluding ortho intramolecular Hbond substituents is 4. The van der Waals surface area contributed by atoms with Gasteiger partial charge in [0, 0.05) is 7.11 Å².